The van der Waals surface area contributed by atoms with Gasteiger partial charge in [-0.3, -0.25) is 0 Å². The lowest BCUT2D eigenvalue weighted by Gasteiger charge is -2.12. The van der Waals surface area contributed by atoms with Gasteiger partial charge in [0.15, 0.2) is 5.82 Å². The van der Waals surface area contributed by atoms with E-state index in [2.05, 4.69) is 15.4 Å². The molecule has 0 saturated carbocycles. The predicted molar refractivity (Wildman–Crippen MR) is 66.2 cm³/mol. The van der Waals surface area contributed by atoms with Crippen molar-refractivity contribution < 1.29 is 0 Å². The van der Waals surface area contributed by atoms with Crippen LogP contribution in [0.5, 0.6) is 0 Å². The maximum Gasteiger partial charge on any atom is 0.176 e. The lowest BCUT2D eigenvalue weighted by Crippen LogP contribution is -2.08. The minimum atomic E-state index is 0.533. The molecule has 0 aliphatic heterocycles. The molecule has 0 saturated heterocycles. The van der Waals surface area contributed by atoms with Crippen molar-refractivity contribution >= 4 is 5.69 Å². The molecule has 1 aromatic heterocycles. The van der Waals surface area contributed by atoms with Gasteiger partial charge in [-0.15, -0.1) is 15.0 Å². The van der Waals surface area contributed by atoms with E-state index >= 15 is 0 Å². The van der Waals surface area contributed by atoms with Gasteiger partial charge in [0.2, 0.25) is 0 Å². The lowest BCUT2D eigenvalue weighted by molar-refractivity contribution is 0.717. The Morgan fingerprint density at radius 1 is 1.24 bits per heavy atom. The Hall–Kier alpha value is -1.95. The minimum absolute atomic E-state index is 0.533. The maximum absolute atomic E-state index is 5.44. The summed E-state index contributed by atoms with van der Waals surface area (Å²) in [7, 11) is 4.00. The molecule has 2 rings (SSSR count). The molecule has 17 heavy (non-hydrogen) atoms. The number of anilines is 1. The highest BCUT2D eigenvalue weighted by atomic mass is 15.6. The van der Waals surface area contributed by atoms with Crippen LogP contribution in [-0.4, -0.2) is 40.8 Å². The molecule has 0 fully saturated rings. The van der Waals surface area contributed by atoms with Crippen molar-refractivity contribution in [3.63, 3.8) is 0 Å². The van der Waals surface area contributed by atoms with E-state index < -0.39 is 0 Å². The molecule has 2 aromatic rings. The van der Waals surface area contributed by atoms with Crippen LogP contribution in [0.15, 0.2) is 24.3 Å². The standard InChI is InChI=1S/C11H16N6/c1-16(2)9-3-5-10(6-4-9)17-14-11(7-8-12)13-15-17/h3-6H,7-8,12H2,1-2H3. The quantitative estimate of drug-likeness (QED) is 0.817. The Morgan fingerprint density at radius 2 is 1.94 bits per heavy atom. The van der Waals surface area contributed by atoms with Crippen LogP contribution in [0.1, 0.15) is 5.82 Å². The molecule has 2 N–H and O–H groups in total. The first-order valence-corrected chi connectivity index (χ1v) is 5.47. The third-order valence-electron chi connectivity index (χ3n) is 2.42. The first-order valence-electron chi connectivity index (χ1n) is 5.47. The van der Waals surface area contributed by atoms with E-state index in [4.69, 9.17) is 5.73 Å². The topological polar surface area (TPSA) is 72.9 Å². The molecule has 90 valence electrons. The van der Waals surface area contributed by atoms with Gasteiger partial charge in [-0.25, -0.2) is 0 Å². The first kappa shape index (κ1) is 11.5. The van der Waals surface area contributed by atoms with Crippen LogP contribution < -0.4 is 10.6 Å². The second-order valence-electron chi connectivity index (χ2n) is 3.94. The van der Waals surface area contributed by atoms with Gasteiger partial charge in [0, 0.05) is 26.2 Å². The van der Waals surface area contributed by atoms with Crippen molar-refractivity contribution in [2.45, 2.75) is 6.42 Å². The average molecular weight is 232 g/mol. The highest BCUT2D eigenvalue weighted by molar-refractivity contribution is 5.49. The number of hydrogen-bond acceptors (Lipinski definition) is 5. The Kier molecular flexibility index (Phi) is 3.34. The molecule has 0 aliphatic rings. The summed E-state index contributed by atoms with van der Waals surface area (Å²) in [6.07, 6.45) is 0.649. The maximum atomic E-state index is 5.44. The summed E-state index contributed by atoms with van der Waals surface area (Å²) in [5.41, 5.74) is 7.47. The summed E-state index contributed by atoms with van der Waals surface area (Å²) in [4.78, 5) is 3.56. The fraction of sp³-hybridized carbons (Fsp3) is 0.364. The number of tetrazole rings is 1. The van der Waals surface area contributed by atoms with Crippen LogP contribution in [0.25, 0.3) is 5.69 Å². The number of aromatic nitrogens is 4. The molecular formula is C11H16N6. The second kappa shape index (κ2) is 4.92. The molecule has 6 nitrogen and oxygen atoms in total. The number of hydrogen-bond donors (Lipinski definition) is 1. The van der Waals surface area contributed by atoms with Crippen LogP contribution in [-0.2, 0) is 6.42 Å². The summed E-state index contributed by atoms with van der Waals surface area (Å²) in [5.74, 6) is 0.671. The summed E-state index contributed by atoms with van der Waals surface area (Å²) < 4.78 is 0. The predicted octanol–water partition coefficient (Wildman–Crippen LogP) is 0.230. The van der Waals surface area contributed by atoms with E-state index in [0.717, 1.165) is 11.4 Å². The molecule has 0 amide bonds. The summed E-state index contributed by atoms with van der Waals surface area (Å²) in [5, 5.41) is 12.2. The van der Waals surface area contributed by atoms with Crippen LogP contribution in [0.3, 0.4) is 0 Å². The molecule has 6 heteroatoms. The molecule has 0 bridgehead atoms. The molecule has 0 atom stereocenters. The smallest absolute Gasteiger partial charge is 0.176 e. The number of rotatable bonds is 4. The molecular weight excluding hydrogens is 216 g/mol. The van der Waals surface area contributed by atoms with Gasteiger partial charge in [-0.1, -0.05) is 0 Å². The fourth-order valence-corrected chi connectivity index (χ4v) is 1.47. The third kappa shape index (κ3) is 2.59. The van der Waals surface area contributed by atoms with E-state index in [0.29, 0.717) is 18.8 Å². The highest BCUT2D eigenvalue weighted by Crippen LogP contribution is 2.13. The second-order valence-corrected chi connectivity index (χ2v) is 3.94. The number of nitrogens with zero attached hydrogens (tertiary/aromatic N) is 5. The van der Waals surface area contributed by atoms with E-state index in [1.54, 1.807) is 0 Å². The molecule has 1 aromatic carbocycles. The molecule has 0 unspecified atom stereocenters. The normalized spacial score (nSPS) is 10.5. The Balaban J connectivity index is 2.21. The van der Waals surface area contributed by atoms with Gasteiger partial charge in [-0.05, 0) is 36.0 Å². The van der Waals surface area contributed by atoms with Crippen LogP contribution in [0.4, 0.5) is 5.69 Å². The zero-order valence-electron chi connectivity index (χ0n) is 10.0. The van der Waals surface area contributed by atoms with E-state index in [-0.39, 0.29) is 0 Å². The zero-order chi connectivity index (χ0) is 12.3. The first-order chi connectivity index (χ1) is 8.20. The number of nitrogens with two attached hydrogens (primary N) is 1. The molecule has 1 heterocycles. The van der Waals surface area contributed by atoms with Crippen LogP contribution in [0.2, 0.25) is 0 Å². The van der Waals surface area contributed by atoms with Gasteiger partial charge in [-0.2, -0.15) is 0 Å². The van der Waals surface area contributed by atoms with Crippen molar-refractivity contribution in [2.75, 3.05) is 25.5 Å². The van der Waals surface area contributed by atoms with Crippen molar-refractivity contribution in [2.24, 2.45) is 5.73 Å². The monoisotopic (exact) mass is 232 g/mol. The van der Waals surface area contributed by atoms with Gasteiger partial charge in [0.25, 0.3) is 0 Å². The van der Waals surface area contributed by atoms with Crippen LogP contribution in [0, 0.1) is 0 Å². The van der Waals surface area contributed by atoms with Crippen molar-refractivity contribution in [3.8, 4) is 5.69 Å². The number of benzene rings is 1. The third-order valence-corrected chi connectivity index (χ3v) is 2.42. The van der Waals surface area contributed by atoms with Gasteiger partial charge in [0.05, 0.1) is 5.69 Å². The van der Waals surface area contributed by atoms with Crippen molar-refractivity contribution in [1.82, 2.24) is 20.2 Å². The van der Waals surface area contributed by atoms with Gasteiger partial charge in [0.1, 0.15) is 0 Å². The Morgan fingerprint density at radius 3 is 2.53 bits per heavy atom. The largest absolute Gasteiger partial charge is 0.378 e. The summed E-state index contributed by atoms with van der Waals surface area (Å²) >= 11 is 0. The van der Waals surface area contributed by atoms with Crippen molar-refractivity contribution in [1.29, 1.82) is 0 Å². The van der Waals surface area contributed by atoms with Gasteiger partial charge >= 0.3 is 0 Å². The molecule has 0 aliphatic carbocycles. The van der Waals surface area contributed by atoms with E-state index in [1.165, 1.54) is 4.80 Å². The SMILES string of the molecule is CN(C)c1ccc(-n2nnc(CCN)n2)cc1. The van der Waals surface area contributed by atoms with E-state index in [1.807, 2.05) is 43.3 Å². The highest BCUT2D eigenvalue weighted by Gasteiger charge is 2.04. The van der Waals surface area contributed by atoms with Crippen LogP contribution >= 0.6 is 0 Å². The van der Waals surface area contributed by atoms with E-state index in [9.17, 15) is 0 Å². The Labute approximate surface area is 100 Å². The lowest BCUT2D eigenvalue weighted by atomic mass is 10.3. The van der Waals surface area contributed by atoms with Gasteiger partial charge < -0.3 is 10.6 Å². The Bertz CT molecular complexity index is 473. The fourth-order valence-electron chi connectivity index (χ4n) is 1.47. The molecule has 0 spiro atoms. The minimum Gasteiger partial charge on any atom is -0.378 e. The molecule has 0 radical (unpaired) electrons. The zero-order valence-corrected chi connectivity index (χ0v) is 10.0. The summed E-state index contributed by atoms with van der Waals surface area (Å²) in [6.45, 7) is 0.533. The summed E-state index contributed by atoms with van der Waals surface area (Å²) in [6, 6.07) is 7.95. The van der Waals surface area contributed by atoms with Crippen molar-refractivity contribution in [3.05, 3.63) is 30.1 Å². The average Bonchev–Trinajstić information content (AvgIpc) is 2.78.